The summed E-state index contributed by atoms with van der Waals surface area (Å²) >= 11 is 0. The Bertz CT molecular complexity index is 586. The zero-order valence-electron chi connectivity index (χ0n) is 14.9. The van der Waals surface area contributed by atoms with Gasteiger partial charge in [-0.3, -0.25) is 9.59 Å². The molecule has 1 unspecified atom stereocenters. The maximum Gasteiger partial charge on any atom is 0.262 e. The van der Waals surface area contributed by atoms with Crippen LogP contribution in [0, 0.1) is 0 Å². The van der Waals surface area contributed by atoms with E-state index in [0.29, 0.717) is 17.0 Å². The summed E-state index contributed by atoms with van der Waals surface area (Å²) in [6, 6.07) is 5.52. The fourth-order valence-electron chi connectivity index (χ4n) is 3.07. The molecule has 1 aromatic rings. The Morgan fingerprint density at radius 3 is 2.79 bits per heavy atom. The van der Waals surface area contributed by atoms with Crippen LogP contribution in [0.15, 0.2) is 18.2 Å². The number of benzene rings is 1. The molecular formula is C19H28N2O3. The Kier molecular flexibility index (Phi) is 6.64. The van der Waals surface area contributed by atoms with Gasteiger partial charge in [0.2, 0.25) is 0 Å². The fourth-order valence-corrected chi connectivity index (χ4v) is 3.07. The average Bonchev–Trinajstić information content (AvgIpc) is 2.57. The van der Waals surface area contributed by atoms with E-state index in [1.807, 2.05) is 4.90 Å². The Morgan fingerprint density at radius 2 is 2.08 bits per heavy atom. The van der Waals surface area contributed by atoms with Crippen molar-refractivity contribution < 1.29 is 14.3 Å². The Hall–Kier alpha value is -2.04. The molecule has 0 radical (unpaired) electrons. The first kappa shape index (κ1) is 18.3. The quantitative estimate of drug-likeness (QED) is 0.736. The SMILES string of the molecule is CCCCCN(C(=O)c1cccc2c1OCC(=O)N2)C(C)CCC. The molecule has 1 aliphatic rings. The molecule has 0 aromatic heterocycles. The number of para-hydroxylation sites is 1. The molecule has 0 spiro atoms. The van der Waals surface area contributed by atoms with Crippen molar-refractivity contribution in [3.63, 3.8) is 0 Å². The highest BCUT2D eigenvalue weighted by Gasteiger charge is 2.27. The third-order valence-corrected chi connectivity index (χ3v) is 4.37. The van der Waals surface area contributed by atoms with Gasteiger partial charge in [-0.1, -0.05) is 39.2 Å². The summed E-state index contributed by atoms with van der Waals surface area (Å²) in [7, 11) is 0. The highest BCUT2D eigenvalue weighted by atomic mass is 16.5. The summed E-state index contributed by atoms with van der Waals surface area (Å²) in [6.07, 6.45) is 5.26. The summed E-state index contributed by atoms with van der Waals surface area (Å²) in [4.78, 5) is 26.6. The number of nitrogens with zero attached hydrogens (tertiary/aromatic N) is 1. The van der Waals surface area contributed by atoms with E-state index in [1.54, 1.807) is 18.2 Å². The van der Waals surface area contributed by atoms with E-state index in [2.05, 4.69) is 26.1 Å². The third kappa shape index (κ3) is 4.28. The van der Waals surface area contributed by atoms with Crippen molar-refractivity contribution in [1.29, 1.82) is 0 Å². The van der Waals surface area contributed by atoms with Gasteiger partial charge in [0.25, 0.3) is 11.8 Å². The van der Waals surface area contributed by atoms with Gasteiger partial charge in [-0.05, 0) is 31.9 Å². The summed E-state index contributed by atoms with van der Waals surface area (Å²) < 4.78 is 5.54. The van der Waals surface area contributed by atoms with Crippen molar-refractivity contribution in [3.8, 4) is 5.75 Å². The van der Waals surface area contributed by atoms with Gasteiger partial charge in [-0.15, -0.1) is 0 Å². The number of hydrogen-bond donors (Lipinski definition) is 1. The van der Waals surface area contributed by atoms with E-state index in [0.717, 1.165) is 38.6 Å². The highest BCUT2D eigenvalue weighted by Crippen LogP contribution is 2.33. The second-order valence-electron chi connectivity index (χ2n) is 6.36. The first-order valence-electron chi connectivity index (χ1n) is 8.95. The molecule has 132 valence electrons. The summed E-state index contributed by atoms with van der Waals surface area (Å²) in [5.74, 6) is 0.289. The molecule has 0 aliphatic carbocycles. The van der Waals surface area contributed by atoms with E-state index >= 15 is 0 Å². The lowest BCUT2D eigenvalue weighted by molar-refractivity contribution is -0.118. The summed E-state index contributed by atoms with van der Waals surface area (Å²) in [6.45, 7) is 7.10. The number of amides is 2. The molecule has 24 heavy (non-hydrogen) atoms. The molecular weight excluding hydrogens is 304 g/mol. The van der Waals surface area contributed by atoms with Crippen molar-refractivity contribution in [2.75, 3.05) is 18.5 Å². The second kappa shape index (κ2) is 8.71. The Balaban J connectivity index is 2.25. The zero-order valence-corrected chi connectivity index (χ0v) is 14.9. The fraction of sp³-hybridized carbons (Fsp3) is 0.579. The summed E-state index contributed by atoms with van der Waals surface area (Å²) in [5, 5.41) is 2.77. The van der Waals surface area contributed by atoms with Crippen LogP contribution in [0.25, 0.3) is 0 Å². The van der Waals surface area contributed by atoms with Crippen molar-refractivity contribution >= 4 is 17.5 Å². The van der Waals surface area contributed by atoms with Gasteiger partial charge in [0.15, 0.2) is 12.4 Å². The van der Waals surface area contributed by atoms with Crippen LogP contribution < -0.4 is 10.1 Å². The molecule has 0 saturated heterocycles. The third-order valence-electron chi connectivity index (χ3n) is 4.37. The number of carbonyl (C=O) groups is 2. The van der Waals surface area contributed by atoms with Crippen LogP contribution in [0.4, 0.5) is 5.69 Å². The van der Waals surface area contributed by atoms with Gasteiger partial charge in [-0.2, -0.15) is 0 Å². The minimum absolute atomic E-state index is 0.0138. The molecule has 1 aromatic carbocycles. The largest absolute Gasteiger partial charge is 0.481 e. The molecule has 0 saturated carbocycles. The van der Waals surface area contributed by atoms with Crippen LogP contribution in [-0.2, 0) is 4.79 Å². The van der Waals surface area contributed by atoms with Crippen LogP contribution in [0.2, 0.25) is 0 Å². The van der Waals surface area contributed by atoms with Gasteiger partial charge < -0.3 is 15.0 Å². The van der Waals surface area contributed by atoms with Crippen LogP contribution in [0.1, 0.15) is 63.2 Å². The minimum atomic E-state index is -0.189. The standard InChI is InChI=1S/C19H28N2O3/c1-4-6-7-12-21(14(3)9-5-2)19(23)15-10-8-11-16-18(15)24-13-17(22)20-16/h8,10-11,14H,4-7,9,12-13H2,1-3H3,(H,20,22). The number of unbranched alkanes of at least 4 members (excludes halogenated alkanes) is 2. The molecule has 5 nitrogen and oxygen atoms in total. The van der Waals surface area contributed by atoms with Gasteiger partial charge >= 0.3 is 0 Å². The predicted molar refractivity (Wildman–Crippen MR) is 95.5 cm³/mol. The highest BCUT2D eigenvalue weighted by molar-refractivity contribution is 6.03. The molecule has 1 aliphatic heterocycles. The smallest absolute Gasteiger partial charge is 0.262 e. The van der Waals surface area contributed by atoms with E-state index in [-0.39, 0.29) is 24.5 Å². The Morgan fingerprint density at radius 1 is 1.29 bits per heavy atom. The topological polar surface area (TPSA) is 58.6 Å². The average molecular weight is 332 g/mol. The lowest BCUT2D eigenvalue weighted by Gasteiger charge is -2.31. The number of nitrogens with one attached hydrogen (secondary N) is 1. The number of hydrogen-bond acceptors (Lipinski definition) is 3. The lowest BCUT2D eigenvalue weighted by Crippen LogP contribution is -2.40. The zero-order chi connectivity index (χ0) is 17.5. The van der Waals surface area contributed by atoms with Crippen LogP contribution in [0.3, 0.4) is 0 Å². The van der Waals surface area contributed by atoms with E-state index in [4.69, 9.17) is 4.74 Å². The molecule has 0 bridgehead atoms. The number of anilines is 1. The normalized spacial score (nSPS) is 14.4. The maximum absolute atomic E-state index is 13.1. The minimum Gasteiger partial charge on any atom is -0.481 e. The number of carbonyl (C=O) groups excluding carboxylic acids is 2. The van der Waals surface area contributed by atoms with E-state index in [9.17, 15) is 9.59 Å². The molecule has 2 amide bonds. The summed E-state index contributed by atoms with van der Waals surface area (Å²) in [5.41, 5.74) is 1.11. The van der Waals surface area contributed by atoms with Gasteiger partial charge in [0.1, 0.15) is 0 Å². The van der Waals surface area contributed by atoms with Crippen LogP contribution in [0.5, 0.6) is 5.75 Å². The van der Waals surface area contributed by atoms with Gasteiger partial charge in [0.05, 0.1) is 11.3 Å². The maximum atomic E-state index is 13.1. The van der Waals surface area contributed by atoms with Gasteiger partial charge in [-0.25, -0.2) is 0 Å². The van der Waals surface area contributed by atoms with E-state index in [1.165, 1.54) is 0 Å². The number of ether oxygens (including phenoxy) is 1. The van der Waals surface area contributed by atoms with Crippen LogP contribution >= 0.6 is 0 Å². The first-order chi connectivity index (χ1) is 11.6. The molecule has 0 fully saturated rings. The predicted octanol–water partition coefficient (Wildman–Crippen LogP) is 3.84. The van der Waals surface area contributed by atoms with Crippen LogP contribution in [-0.4, -0.2) is 35.9 Å². The Labute approximate surface area is 144 Å². The molecule has 1 heterocycles. The molecule has 5 heteroatoms. The number of fused-ring (bicyclic) bond motifs is 1. The lowest BCUT2D eigenvalue weighted by atomic mass is 10.1. The first-order valence-corrected chi connectivity index (χ1v) is 8.95. The number of rotatable bonds is 8. The van der Waals surface area contributed by atoms with Crippen molar-refractivity contribution in [1.82, 2.24) is 4.90 Å². The van der Waals surface area contributed by atoms with Crippen molar-refractivity contribution in [2.45, 2.75) is 58.9 Å². The molecule has 1 atom stereocenters. The monoisotopic (exact) mass is 332 g/mol. The van der Waals surface area contributed by atoms with E-state index < -0.39 is 0 Å². The molecule has 1 N–H and O–H groups in total. The van der Waals surface area contributed by atoms with Crippen molar-refractivity contribution in [3.05, 3.63) is 23.8 Å². The second-order valence-corrected chi connectivity index (χ2v) is 6.36. The van der Waals surface area contributed by atoms with Crippen molar-refractivity contribution in [2.24, 2.45) is 0 Å². The molecule has 2 rings (SSSR count). The van der Waals surface area contributed by atoms with Gasteiger partial charge in [0, 0.05) is 12.6 Å².